The molecule has 4 aromatic heterocycles. The van der Waals surface area contributed by atoms with Gasteiger partial charge in [0.05, 0.1) is 33.1 Å². The largest absolute Gasteiger partial charge is 0.310 e. The van der Waals surface area contributed by atoms with E-state index in [1.807, 2.05) is 0 Å². The van der Waals surface area contributed by atoms with E-state index in [9.17, 15) is 0 Å². The van der Waals surface area contributed by atoms with Crippen molar-refractivity contribution in [3.8, 4) is 17.3 Å². The third-order valence-electron chi connectivity index (χ3n) is 16.0. The number of anilines is 9. The Morgan fingerprint density at radius 1 is 0.202 bits per heavy atom. The zero-order chi connectivity index (χ0) is 55.5. The predicted molar refractivity (Wildman–Crippen MR) is 347 cm³/mol. The van der Waals surface area contributed by atoms with E-state index >= 15 is 0 Å². The first-order valence-electron chi connectivity index (χ1n) is 28.3. The van der Waals surface area contributed by atoms with Gasteiger partial charge in [0.25, 0.3) is 0 Å². The predicted octanol–water partition coefficient (Wildman–Crippen LogP) is 19.6. The molecular weight excluding hydrogens is 1030 g/mol. The van der Waals surface area contributed by atoms with Crippen molar-refractivity contribution >= 4 is 117 Å². The average Bonchev–Trinajstić information content (AvgIpc) is 3.59. The molecule has 0 aliphatic heterocycles. The van der Waals surface area contributed by atoms with E-state index in [1.54, 1.807) is 0 Å². The summed E-state index contributed by atoms with van der Waals surface area (Å²) < 4.78 is 6.91. The monoisotopic (exact) mass is 1080 g/mol. The molecule has 84 heavy (non-hydrogen) atoms. The van der Waals surface area contributed by atoms with Gasteiger partial charge in [0.1, 0.15) is 0 Å². The van der Waals surface area contributed by atoms with Crippen LogP contribution < -0.4 is 14.7 Å². The fourth-order valence-electron chi connectivity index (χ4n) is 12.4. The first kappa shape index (κ1) is 48.4. The molecule has 0 N–H and O–H groups in total. The van der Waals surface area contributed by atoms with Crippen LogP contribution in [0.25, 0.3) is 82.7 Å². The highest BCUT2D eigenvalue weighted by Gasteiger charge is 2.27. The van der Waals surface area contributed by atoms with Crippen molar-refractivity contribution in [1.29, 1.82) is 0 Å². The van der Waals surface area contributed by atoms with Crippen molar-refractivity contribution in [2.75, 3.05) is 14.7 Å². The van der Waals surface area contributed by atoms with Crippen LogP contribution in [0.2, 0.25) is 0 Å². The highest BCUT2D eigenvalue weighted by atomic mass is 15.4. The summed E-state index contributed by atoms with van der Waals surface area (Å²) in [4.78, 5) is 23.8. The Bertz CT molecular complexity index is 4820. The van der Waals surface area contributed by atoms with Crippen molar-refractivity contribution < 1.29 is 0 Å². The summed E-state index contributed by atoms with van der Waals surface area (Å²) in [5, 5.41) is 6.64. The van der Waals surface area contributed by atoms with Gasteiger partial charge in [0, 0.05) is 83.5 Å². The number of fused-ring (bicyclic) bond motifs is 9. The molecule has 0 aliphatic rings. The van der Waals surface area contributed by atoms with Crippen molar-refractivity contribution in [2.24, 2.45) is 0 Å². The minimum absolute atomic E-state index is 0.437. The smallest absolute Gasteiger partial charge is 0.241 e. The number of hydrogen-bond donors (Lipinski definition) is 0. The lowest BCUT2D eigenvalue weighted by Crippen LogP contribution is -2.20. The lowest BCUT2D eigenvalue weighted by Gasteiger charge is -2.28. The Morgan fingerprint density at radius 3 is 0.940 bits per heavy atom. The molecule has 9 nitrogen and oxygen atoms in total. The number of benzene rings is 12. The van der Waals surface area contributed by atoms with Crippen molar-refractivity contribution in [1.82, 2.24) is 28.7 Å². The molecule has 0 spiro atoms. The summed E-state index contributed by atoms with van der Waals surface area (Å²) in [6.07, 6.45) is 0. The van der Waals surface area contributed by atoms with Gasteiger partial charge in [-0.3, -0.25) is 14.4 Å². The second-order valence-corrected chi connectivity index (χ2v) is 20.9. The lowest BCUT2D eigenvalue weighted by molar-refractivity contribution is 0.915. The molecule has 9 heteroatoms. The molecule has 16 aromatic rings. The summed E-state index contributed by atoms with van der Waals surface area (Å²) in [6, 6.07) is 109. The first-order chi connectivity index (χ1) is 41.7. The van der Waals surface area contributed by atoms with E-state index in [-0.39, 0.29) is 0 Å². The maximum absolute atomic E-state index is 5.73. The zero-order valence-electron chi connectivity index (χ0n) is 45.5. The molecule has 16 rings (SSSR count). The number of aromatic nitrogens is 6. The van der Waals surface area contributed by atoms with Crippen LogP contribution in [0.5, 0.6) is 0 Å². The van der Waals surface area contributed by atoms with E-state index in [2.05, 4.69) is 338 Å². The summed E-state index contributed by atoms with van der Waals surface area (Å²) >= 11 is 0. The van der Waals surface area contributed by atoms with E-state index < -0.39 is 0 Å². The van der Waals surface area contributed by atoms with E-state index in [0.29, 0.717) is 17.8 Å². The third kappa shape index (κ3) is 8.13. The average molecular weight is 1080 g/mol. The Hall–Kier alpha value is -11.6. The zero-order valence-corrected chi connectivity index (χ0v) is 45.5. The van der Waals surface area contributed by atoms with E-state index in [4.69, 9.17) is 15.0 Å². The normalized spacial score (nSPS) is 11.6. The summed E-state index contributed by atoms with van der Waals surface area (Å²) in [7, 11) is 0. The van der Waals surface area contributed by atoms with Crippen molar-refractivity contribution in [2.45, 2.75) is 0 Å². The van der Waals surface area contributed by atoms with Gasteiger partial charge in [-0.25, -0.2) is 0 Å². The Morgan fingerprint density at radius 2 is 0.512 bits per heavy atom. The minimum atomic E-state index is 0.437. The van der Waals surface area contributed by atoms with Crippen LogP contribution in [-0.4, -0.2) is 28.7 Å². The highest BCUT2D eigenvalue weighted by Crippen LogP contribution is 2.45. The van der Waals surface area contributed by atoms with Gasteiger partial charge in [-0.05, 0) is 140 Å². The molecule has 4 heterocycles. The number of hydrogen-bond acceptors (Lipinski definition) is 6. The van der Waals surface area contributed by atoms with Crippen LogP contribution in [0.4, 0.5) is 51.7 Å². The van der Waals surface area contributed by atoms with Crippen LogP contribution in [0.15, 0.2) is 309 Å². The lowest BCUT2D eigenvalue weighted by atomic mass is 10.1. The molecule has 0 amide bonds. The van der Waals surface area contributed by atoms with E-state index in [0.717, 1.165) is 117 Å². The van der Waals surface area contributed by atoms with Gasteiger partial charge in [0.2, 0.25) is 17.8 Å². The number of nitrogens with zero attached hydrogens (tertiary/aromatic N) is 9. The summed E-state index contributed by atoms with van der Waals surface area (Å²) in [6.45, 7) is 0. The molecule has 0 bridgehead atoms. The van der Waals surface area contributed by atoms with Crippen LogP contribution in [0.3, 0.4) is 0 Å². The molecule has 396 valence electrons. The van der Waals surface area contributed by atoms with Crippen LogP contribution >= 0.6 is 0 Å². The fourth-order valence-corrected chi connectivity index (χ4v) is 12.4. The second-order valence-electron chi connectivity index (χ2n) is 20.9. The summed E-state index contributed by atoms with van der Waals surface area (Å²) in [5.74, 6) is 1.33. The Kier molecular flexibility index (Phi) is 11.6. The van der Waals surface area contributed by atoms with Gasteiger partial charge in [-0.15, -0.1) is 0 Å². The molecule has 0 aliphatic carbocycles. The number of para-hydroxylation sites is 9. The topological polar surface area (TPSA) is 63.2 Å². The SMILES string of the molecule is c1ccc(N(c2ccccc2)c2ccc3c4ccccc4n(-c4nc(N(c5ccccc5)c5ccc6c(c5)c5ccccc5n6-c5ccccc5)nc(N(c5ccccc5)c5ccc6c(c5)c5ccccc5n6-c5ccccc5)n4)c3c2)cc1. The molecule has 0 saturated carbocycles. The molecule has 0 radical (unpaired) electrons. The molecule has 0 saturated heterocycles. The fraction of sp³-hybridized carbons (Fsp3) is 0. The third-order valence-corrected chi connectivity index (χ3v) is 16.0. The minimum Gasteiger partial charge on any atom is -0.310 e. The Balaban J connectivity index is 0.982. The van der Waals surface area contributed by atoms with Gasteiger partial charge >= 0.3 is 0 Å². The van der Waals surface area contributed by atoms with Crippen molar-refractivity contribution in [3.63, 3.8) is 0 Å². The van der Waals surface area contributed by atoms with Gasteiger partial charge in [0.15, 0.2) is 0 Å². The highest BCUT2D eigenvalue weighted by molar-refractivity contribution is 6.13. The van der Waals surface area contributed by atoms with Crippen molar-refractivity contribution in [3.05, 3.63) is 309 Å². The van der Waals surface area contributed by atoms with E-state index in [1.165, 1.54) is 0 Å². The summed E-state index contributed by atoms with van der Waals surface area (Å²) in [5.41, 5.74) is 15.1. The standard InChI is InChI=1S/C75H51N9/c1-7-25-52(26-8-1)79(53-27-9-2-10-28-53)60-43-46-64-61-37-19-24-42-69(61)84(72(64)51-60)75-77-73(80(54-29-11-3-12-30-54)58-44-47-70-65(49-58)62-38-20-22-40-67(62)82(70)56-33-15-5-16-34-56)76-74(78-75)81(55-31-13-4-14-32-55)59-45-48-71-66(50-59)63-39-21-23-41-68(63)83(71)57-35-17-6-18-36-57/h1-51H. The van der Waals surface area contributed by atoms with Crippen LogP contribution in [0, 0.1) is 0 Å². The number of rotatable bonds is 12. The maximum Gasteiger partial charge on any atom is 0.241 e. The maximum atomic E-state index is 5.73. The van der Waals surface area contributed by atoms with Gasteiger partial charge in [-0.1, -0.05) is 170 Å². The molecule has 12 aromatic carbocycles. The quantitative estimate of drug-likeness (QED) is 0.121. The van der Waals surface area contributed by atoms with Crippen LogP contribution in [-0.2, 0) is 0 Å². The Labute approximate surface area is 484 Å². The second kappa shape index (κ2) is 20.2. The van der Waals surface area contributed by atoms with Gasteiger partial charge in [-0.2, -0.15) is 15.0 Å². The first-order valence-corrected chi connectivity index (χ1v) is 28.3. The van der Waals surface area contributed by atoms with Crippen LogP contribution in [0.1, 0.15) is 0 Å². The molecule has 0 unspecified atom stereocenters. The molecule has 0 atom stereocenters. The molecule has 0 fully saturated rings. The van der Waals surface area contributed by atoms with Gasteiger partial charge < -0.3 is 14.0 Å². The molecular formula is C75H51N9.